The van der Waals surface area contributed by atoms with Crippen LogP contribution < -0.4 is 9.47 Å². The van der Waals surface area contributed by atoms with E-state index >= 15 is 0 Å². The highest BCUT2D eigenvalue weighted by molar-refractivity contribution is 9.11. The maximum absolute atomic E-state index is 12.5. The fourth-order valence-electron chi connectivity index (χ4n) is 2.04. The first-order chi connectivity index (χ1) is 10.1. The fourth-order valence-corrected chi connectivity index (χ4v) is 3.16. The van der Waals surface area contributed by atoms with Gasteiger partial charge in [-0.2, -0.15) is 0 Å². The zero-order valence-corrected chi connectivity index (χ0v) is 14.8. The molecule has 5 heteroatoms. The van der Waals surface area contributed by atoms with Gasteiger partial charge in [-0.15, -0.1) is 0 Å². The molecule has 2 aromatic rings. The maximum Gasteiger partial charge on any atom is 0.171 e. The summed E-state index contributed by atoms with van der Waals surface area (Å²) < 4.78 is 12.2. The van der Waals surface area contributed by atoms with Crippen molar-refractivity contribution in [3.05, 3.63) is 56.5 Å². The van der Waals surface area contributed by atoms with E-state index in [0.717, 1.165) is 10.0 Å². The van der Waals surface area contributed by atoms with Crippen molar-refractivity contribution < 1.29 is 14.3 Å². The smallest absolute Gasteiger partial charge is 0.171 e. The van der Waals surface area contributed by atoms with E-state index in [2.05, 4.69) is 31.9 Å². The van der Waals surface area contributed by atoms with E-state index in [1.165, 1.54) is 7.11 Å². The second-order valence-corrected chi connectivity index (χ2v) is 6.10. The second-order valence-electron chi connectivity index (χ2n) is 4.39. The molecule has 0 aliphatic carbocycles. The first-order valence-corrected chi connectivity index (χ1v) is 7.83. The van der Waals surface area contributed by atoms with Gasteiger partial charge >= 0.3 is 0 Å². The van der Waals surface area contributed by atoms with Crippen molar-refractivity contribution in [2.75, 3.05) is 14.2 Å². The lowest BCUT2D eigenvalue weighted by atomic mass is 10.0. The van der Waals surface area contributed by atoms with E-state index in [1.807, 2.05) is 24.3 Å². The van der Waals surface area contributed by atoms with E-state index in [0.29, 0.717) is 28.0 Å². The third-order valence-corrected chi connectivity index (χ3v) is 4.28. The third-order valence-electron chi connectivity index (χ3n) is 3.04. The SMILES string of the molecule is COc1ccc(C(=O)Cc2cccc(Br)c2)c(OC)c1Br. The van der Waals surface area contributed by atoms with Gasteiger partial charge < -0.3 is 9.47 Å². The van der Waals surface area contributed by atoms with Crippen molar-refractivity contribution in [3.63, 3.8) is 0 Å². The van der Waals surface area contributed by atoms with Crippen molar-refractivity contribution in [1.82, 2.24) is 0 Å². The van der Waals surface area contributed by atoms with Gasteiger partial charge in [0.05, 0.1) is 19.8 Å². The zero-order chi connectivity index (χ0) is 15.4. The monoisotopic (exact) mass is 412 g/mol. The Morgan fingerprint density at radius 2 is 1.86 bits per heavy atom. The number of halogens is 2. The maximum atomic E-state index is 12.5. The Kier molecular flexibility index (Phi) is 5.42. The van der Waals surface area contributed by atoms with Crippen LogP contribution in [0.15, 0.2) is 45.3 Å². The molecular weight excluding hydrogens is 400 g/mol. The summed E-state index contributed by atoms with van der Waals surface area (Å²) in [6.07, 6.45) is 0.314. The van der Waals surface area contributed by atoms with E-state index in [9.17, 15) is 4.79 Å². The lowest BCUT2D eigenvalue weighted by Crippen LogP contribution is -2.06. The minimum absolute atomic E-state index is 0.00620. The Morgan fingerprint density at radius 1 is 1.10 bits per heavy atom. The van der Waals surface area contributed by atoms with Gasteiger partial charge in [-0.1, -0.05) is 28.1 Å². The summed E-state index contributed by atoms with van der Waals surface area (Å²) in [7, 11) is 3.11. The van der Waals surface area contributed by atoms with Crippen molar-refractivity contribution in [2.24, 2.45) is 0 Å². The van der Waals surface area contributed by atoms with Crippen LogP contribution in [0.4, 0.5) is 0 Å². The largest absolute Gasteiger partial charge is 0.495 e. The molecule has 0 saturated carbocycles. The molecule has 0 bridgehead atoms. The number of carbonyl (C=O) groups excluding carboxylic acids is 1. The Hall–Kier alpha value is -1.33. The van der Waals surface area contributed by atoms with Gasteiger partial charge in [-0.3, -0.25) is 4.79 Å². The molecule has 0 aliphatic rings. The van der Waals surface area contributed by atoms with Gasteiger partial charge in [0, 0.05) is 10.9 Å². The molecule has 2 rings (SSSR count). The molecule has 0 aromatic heterocycles. The van der Waals surface area contributed by atoms with E-state index in [4.69, 9.17) is 9.47 Å². The molecule has 0 aliphatic heterocycles. The van der Waals surface area contributed by atoms with E-state index < -0.39 is 0 Å². The molecule has 0 atom stereocenters. The molecule has 0 amide bonds. The molecule has 0 fully saturated rings. The summed E-state index contributed by atoms with van der Waals surface area (Å²) in [5.74, 6) is 1.12. The normalized spacial score (nSPS) is 10.3. The summed E-state index contributed by atoms with van der Waals surface area (Å²) in [6.45, 7) is 0. The van der Waals surface area contributed by atoms with Crippen molar-refractivity contribution in [1.29, 1.82) is 0 Å². The van der Waals surface area contributed by atoms with Gasteiger partial charge in [-0.25, -0.2) is 0 Å². The van der Waals surface area contributed by atoms with Gasteiger partial charge in [0.1, 0.15) is 16.0 Å². The summed E-state index contributed by atoms with van der Waals surface area (Å²) in [5.41, 5.74) is 1.48. The molecule has 2 aromatic carbocycles. The van der Waals surface area contributed by atoms with Gasteiger partial charge in [0.25, 0.3) is 0 Å². The number of rotatable bonds is 5. The van der Waals surface area contributed by atoms with Gasteiger partial charge in [0.2, 0.25) is 0 Å². The molecule has 0 radical (unpaired) electrons. The first kappa shape index (κ1) is 16.0. The topological polar surface area (TPSA) is 35.5 Å². The summed E-state index contributed by atoms with van der Waals surface area (Å²) >= 11 is 6.82. The van der Waals surface area contributed by atoms with Crippen LogP contribution in [-0.4, -0.2) is 20.0 Å². The van der Waals surface area contributed by atoms with Crippen LogP contribution in [0.1, 0.15) is 15.9 Å². The molecule has 0 spiro atoms. The van der Waals surface area contributed by atoms with Crippen molar-refractivity contribution >= 4 is 37.6 Å². The standard InChI is InChI=1S/C16H14Br2O3/c1-20-14-7-6-12(16(21-2)15(14)18)13(19)9-10-4-3-5-11(17)8-10/h3-8H,9H2,1-2H3. The number of benzene rings is 2. The number of hydrogen-bond donors (Lipinski definition) is 0. The predicted octanol–water partition coefficient (Wildman–Crippen LogP) is 4.65. The summed E-state index contributed by atoms with van der Waals surface area (Å²) in [6, 6.07) is 11.2. The molecule has 0 N–H and O–H groups in total. The van der Waals surface area contributed by atoms with Crippen LogP contribution in [0.2, 0.25) is 0 Å². The average molecular weight is 414 g/mol. The number of Topliss-reactive ketones (excluding diaryl/α,β-unsaturated/α-hetero) is 1. The highest BCUT2D eigenvalue weighted by Gasteiger charge is 2.18. The first-order valence-electron chi connectivity index (χ1n) is 6.25. The third kappa shape index (κ3) is 3.66. The van der Waals surface area contributed by atoms with E-state index in [1.54, 1.807) is 19.2 Å². The second kappa shape index (κ2) is 7.09. The van der Waals surface area contributed by atoms with Crippen LogP contribution >= 0.6 is 31.9 Å². The van der Waals surface area contributed by atoms with E-state index in [-0.39, 0.29) is 5.78 Å². The molecule has 3 nitrogen and oxygen atoms in total. The number of methoxy groups -OCH3 is 2. The van der Waals surface area contributed by atoms with Crippen molar-refractivity contribution in [3.8, 4) is 11.5 Å². The molecular formula is C16H14Br2O3. The number of carbonyl (C=O) groups is 1. The molecule has 21 heavy (non-hydrogen) atoms. The Balaban J connectivity index is 2.33. The number of hydrogen-bond acceptors (Lipinski definition) is 3. The average Bonchev–Trinajstić information content (AvgIpc) is 2.46. The van der Waals surface area contributed by atoms with Gasteiger partial charge in [-0.05, 0) is 45.8 Å². The summed E-state index contributed by atoms with van der Waals surface area (Å²) in [5, 5.41) is 0. The number of ketones is 1. The highest BCUT2D eigenvalue weighted by Crippen LogP contribution is 2.37. The highest BCUT2D eigenvalue weighted by atomic mass is 79.9. The quantitative estimate of drug-likeness (QED) is 0.669. The Labute approximate surface area is 140 Å². The number of ether oxygens (including phenoxy) is 2. The predicted molar refractivity (Wildman–Crippen MR) is 89.4 cm³/mol. The van der Waals surface area contributed by atoms with Crippen LogP contribution in [0, 0.1) is 0 Å². The molecule has 110 valence electrons. The Bertz CT molecular complexity index is 669. The minimum atomic E-state index is -0.00620. The van der Waals surface area contributed by atoms with Crippen molar-refractivity contribution in [2.45, 2.75) is 6.42 Å². The Morgan fingerprint density at radius 3 is 2.48 bits per heavy atom. The molecule has 0 saturated heterocycles. The minimum Gasteiger partial charge on any atom is -0.495 e. The van der Waals surface area contributed by atoms with Crippen LogP contribution in [-0.2, 0) is 6.42 Å². The lowest BCUT2D eigenvalue weighted by molar-refractivity contribution is 0.0990. The van der Waals surface area contributed by atoms with Crippen LogP contribution in [0.25, 0.3) is 0 Å². The van der Waals surface area contributed by atoms with Crippen LogP contribution in [0.3, 0.4) is 0 Å². The molecule has 0 unspecified atom stereocenters. The zero-order valence-electron chi connectivity index (χ0n) is 11.7. The fraction of sp³-hybridized carbons (Fsp3) is 0.188. The van der Waals surface area contributed by atoms with Gasteiger partial charge in [0.15, 0.2) is 5.78 Å². The lowest BCUT2D eigenvalue weighted by Gasteiger charge is -2.12. The molecule has 0 heterocycles. The summed E-state index contributed by atoms with van der Waals surface area (Å²) in [4.78, 5) is 12.5. The van der Waals surface area contributed by atoms with Crippen LogP contribution in [0.5, 0.6) is 11.5 Å².